The van der Waals surface area contributed by atoms with Crippen molar-refractivity contribution in [1.82, 2.24) is 9.88 Å². The Hall–Kier alpha value is -3.49. The van der Waals surface area contributed by atoms with Crippen LogP contribution in [0.5, 0.6) is 11.5 Å². The lowest BCUT2D eigenvalue weighted by molar-refractivity contribution is -0.141. The van der Waals surface area contributed by atoms with Crippen molar-refractivity contribution in [1.29, 1.82) is 0 Å². The number of carbonyl (C=O) groups is 2. The number of aromatic nitrogens is 1. The number of nitrogens with zero attached hydrogens (tertiary/aromatic N) is 1. The topological polar surface area (TPSA) is 129 Å². The van der Waals surface area contributed by atoms with Crippen molar-refractivity contribution in [2.45, 2.75) is 18.6 Å². The highest BCUT2D eigenvalue weighted by Crippen LogP contribution is 2.32. The average Bonchev–Trinajstić information content (AvgIpc) is 3.05. The van der Waals surface area contributed by atoms with Crippen LogP contribution in [0, 0.1) is 0 Å². The van der Waals surface area contributed by atoms with E-state index in [0.29, 0.717) is 22.2 Å². The van der Waals surface area contributed by atoms with Gasteiger partial charge in [-0.2, -0.15) is 0 Å². The molecule has 0 saturated carbocycles. The molecule has 1 amide bonds. The van der Waals surface area contributed by atoms with Gasteiger partial charge in [0.15, 0.2) is 0 Å². The molecule has 2 atom stereocenters. The number of hydrogen-bond donors (Lipinski definition) is 3. The summed E-state index contributed by atoms with van der Waals surface area (Å²) in [5.74, 6) is -0.479. The van der Waals surface area contributed by atoms with Crippen LogP contribution >= 0.6 is 0 Å². The highest BCUT2D eigenvalue weighted by Gasteiger charge is 2.41. The van der Waals surface area contributed by atoms with E-state index in [4.69, 9.17) is 9.47 Å². The maximum Gasteiger partial charge on any atom is 0.408 e. The highest BCUT2D eigenvalue weighted by molar-refractivity contribution is 5.89. The monoisotopic (exact) mass is 374 g/mol. The van der Waals surface area contributed by atoms with Crippen LogP contribution in [-0.4, -0.2) is 58.0 Å². The summed E-state index contributed by atoms with van der Waals surface area (Å²) in [5.41, 5.74) is 0.750. The number of H-pyrrole nitrogens is 1. The fourth-order valence-electron chi connectivity index (χ4n) is 3.21. The molecule has 27 heavy (non-hydrogen) atoms. The predicted octanol–water partition coefficient (Wildman–Crippen LogP) is 1.76. The molecule has 142 valence electrons. The summed E-state index contributed by atoms with van der Waals surface area (Å²) in [4.78, 5) is 38.0. The summed E-state index contributed by atoms with van der Waals surface area (Å²) in [6.07, 6.45) is -0.445. The lowest BCUT2D eigenvalue weighted by Gasteiger charge is -2.17. The van der Waals surface area contributed by atoms with Crippen LogP contribution in [-0.2, 0) is 4.79 Å². The average molecular weight is 374 g/mol. The van der Waals surface area contributed by atoms with Crippen LogP contribution in [0.15, 0.2) is 29.6 Å². The van der Waals surface area contributed by atoms with Crippen molar-refractivity contribution < 1.29 is 29.3 Å². The van der Waals surface area contributed by atoms with Crippen molar-refractivity contribution in [3.05, 3.63) is 40.7 Å². The second kappa shape index (κ2) is 7.02. The van der Waals surface area contributed by atoms with Crippen LogP contribution in [0.25, 0.3) is 17.0 Å². The number of carboxylic acids is 1. The van der Waals surface area contributed by atoms with Gasteiger partial charge in [0.05, 0.1) is 19.2 Å². The Morgan fingerprint density at radius 2 is 2.04 bits per heavy atom. The van der Waals surface area contributed by atoms with Gasteiger partial charge in [0.25, 0.3) is 5.56 Å². The molecule has 1 aliphatic rings. The molecule has 3 rings (SSSR count). The third-order valence-corrected chi connectivity index (χ3v) is 4.46. The van der Waals surface area contributed by atoms with Gasteiger partial charge in [0.2, 0.25) is 0 Å². The number of amides is 1. The predicted molar refractivity (Wildman–Crippen MR) is 96.4 cm³/mol. The number of aliphatic carboxylic acids is 1. The van der Waals surface area contributed by atoms with Gasteiger partial charge in [-0.1, -0.05) is 12.7 Å². The van der Waals surface area contributed by atoms with E-state index in [9.17, 15) is 24.6 Å². The van der Waals surface area contributed by atoms with Gasteiger partial charge in [-0.3, -0.25) is 9.69 Å². The molecular weight excluding hydrogens is 356 g/mol. The summed E-state index contributed by atoms with van der Waals surface area (Å²) in [6, 6.07) is 3.43. The Morgan fingerprint density at radius 1 is 1.30 bits per heavy atom. The van der Waals surface area contributed by atoms with Crippen LogP contribution in [0.2, 0.25) is 0 Å². The molecule has 9 heteroatoms. The zero-order valence-corrected chi connectivity index (χ0v) is 14.5. The van der Waals surface area contributed by atoms with E-state index in [0.717, 1.165) is 4.90 Å². The molecule has 0 spiro atoms. The smallest absolute Gasteiger partial charge is 0.408 e. The number of rotatable bonds is 5. The quantitative estimate of drug-likeness (QED) is 0.727. The molecule has 1 aromatic carbocycles. The van der Waals surface area contributed by atoms with Crippen LogP contribution in [0.1, 0.15) is 12.0 Å². The number of carboxylic acid groups (broad SMARTS) is 2. The molecule has 9 nitrogen and oxygen atoms in total. The SMILES string of the molecule is C=Cc1cc2c(O[C@@H]3C[C@@H](C(=O)O)N(C(=O)O)C3)cc(=O)[nH]c2cc1OC. The molecule has 0 aliphatic carbocycles. The first-order chi connectivity index (χ1) is 12.8. The Balaban J connectivity index is 2.00. The van der Waals surface area contributed by atoms with E-state index in [-0.39, 0.29) is 18.7 Å². The van der Waals surface area contributed by atoms with Gasteiger partial charge in [-0.25, -0.2) is 9.59 Å². The van der Waals surface area contributed by atoms with Gasteiger partial charge >= 0.3 is 12.1 Å². The molecule has 0 bridgehead atoms. The van der Waals surface area contributed by atoms with E-state index in [1.165, 1.54) is 13.2 Å². The normalized spacial score (nSPS) is 19.1. The number of fused-ring (bicyclic) bond motifs is 1. The van der Waals surface area contributed by atoms with E-state index < -0.39 is 29.8 Å². The second-order valence-electron chi connectivity index (χ2n) is 6.11. The molecular formula is C18H18N2O7. The largest absolute Gasteiger partial charge is 0.496 e. The fourth-order valence-corrected chi connectivity index (χ4v) is 3.21. The molecule has 0 unspecified atom stereocenters. The number of hydrogen-bond acceptors (Lipinski definition) is 5. The standard InChI is InChI=1S/C18H18N2O7/c1-3-9-4-11-12(6-14(9)26-2)19-16(21)7-15(11)27-10-5-13(17(22)23)20(8-10)18(24)25/h3-4,6-7,10,13H,1,5,8H2,2H3,(H,19,21)(H,22,23)(H,24,25)/t10-,13+/m1/s1. The molecule has 3 N–H and O–H groups in total. The summed E-state index contributed by atoms with van der Waals surface area (Å²) < 4.78 is 11.1. The first kappa shape index (κ1) is 18.3. The van der Waals surface area contributed by atoms with E-state index in [1.54, 1.807) is 18.2 Å². The lowest BCUT2D eigenvalue weighted by atomic mass is 10.1. The first-order valence-electron chi connectivity index (χ1n) is 8.10. The maximum absolute atomic E-state index is 12.0. The molecule has 1 aromatic heterocycles. The molecule has 2 aromatic rings. The number of pyridine rings is 1. The third kappa shape index (κ3) is 3.43. The zero-order valence-electron chi connectivity index (χ0n) is 14.5. The van der Waals surface area contributed by atoms with Crippen molar-refractivity contribution in [2.75, 3.05) is 13.7 Å². The number of methoxy groups -OCH3 is 1. The highest BCUT2D eigenvalue weighted by atomic mass is 16.5. The summed E-state index contributed by atoms with van der Waals surface area (Å²) in [7, 11) is 1.50. The Bertz CT molecular complexity index is 960. The molecule has 1 aliphatic heterocycles. The Kier molecular flexibility index (Phi) is 4.76. The maximum atomic E-state index is 12.0. The Morgan fingerprint density at radius 3 is 2.59 bits per heavy atom. The molecule has 0 radical (unpaired) electrons. The zero-order chi connectivity index (χ0) is 19.7. The van der Waals surface area contributed by atoms with Gasteiger partial charge < -0.3 is 24.7 Å². The third-order valence-electron chi connectivity index (χ3n) is 4.46. The number of benzene rings is 1. The summed E-state index contributed by atoms with van der Waals surface area (Å²) >= 11 is 0. The minimum absolute atomic E-state index is 0.0135. The van der Waals surface area contributed by atoms with E-state index >= 15 is 0 Å². The van der Waals surface area contributed by atoms with E-state index in [2.05, 4.69) is 11.6 Å². The van der Waals surface area contributed by atoms with Crippen LogP contribution in [0.4, 0.5) is 4.79 Å². The summed E-state index contributed by atoms with van der Waals surface area (Å²) in [5, 5.41) is 19.0. The van der Waals surface area contributed by atoms with Crippen molar-refractivity contribution in [3.63, 3.8) is 0 Å². The van der Waals surface area contributed by atoms with E-state index in [1.807, 2.05) is 0 Å². The van der Waals surface area contributed by atoms with Crippen LogP contribution < -0.4 is 15.0 Å². The Labute approximate surface area is 153 Å². The van der Waals surface area contributed by atoms with Crippen LogP contribution in [0.3, 0.4) is 0 Å². The van der Waals surface area contributed by atoms with Gasteiger partial charge in [0.1, 0.15) is 23.6 Å². The molecule has 2 heterocycles. The molecule has 1 saturated heterocycles. The van der Waals surface area contributed by atoms with Gasteiger partial charge in [0, 0.05) is 29.5 Å². The minimum Gasteiger partial charge on any atom is -0.496 e. The van der Waals surface area contributed by atoms with Gasteiger partial charge in [-0.15, -0.1) is 0 Å². The number of likely N-dealkylation sites (tertiary alicyclic amines) is 1. The number of aromatic amines is 1. The first-order valence-corrected chi connectivity index (χ1v) is 8.10. The number of nitrogens with one attached hydrogen (secondary N) is 1. The number of ether oxygens (including phenoxy) is 2. The van der Waals surface area contributed by atoms with Gasteiger partial charge in [-0.05, 0) is 6.07 Å². The fraction of sp³-hybridized carbons (Fsp3) is 0.278. The molecule has 1 fully saturated rings. The summed E-state index contributed by atoms with van der Waals surface area (Å²) in [6.45, 7) is 3.62. The second-order valence-corrected chi connectivity index (χ2v) is 6.11. The van der Waals surface area contributed by atoms with Crippen molar-refractivity contribution >= 4 is 29.0 Å². The lowest BCUT2D eigenvalue weighted by Crippen LogP contribution is -2.39. The minimum atomic E-state index is -1.33. The van der Waals surface area contributed by atoms with Crippen molar-refractivity contribution in [3.8, 4) is 11.5 Å². The van der Waals surface area contributed by atoms with Crippen molar-refractivity contribution in [2.24, 2.45) is 0 Å².